The van der Waals surface area contributed by atoms with E-state index in [1.807, 2.05) is 0 Å². The van der Waals surface area contributed by atoms with Crippen molar-refractivity contribution in [3.63, 3.8) is 0 Å². The molecule has 0 aliphatic carbocycles. The maximum absolute atomic E-state index is 13.0. The van der Waals surface area contributed by atoms with Gasteiger partial charge in [0.25, 0.3) is 0 Å². The summed E-state index contributed by atoms with van der Waals surface area (Å²) in [6, 6.07) is 1.47. The van der Waals surface area contributed by atoms with E-state index in [0.717, 1.165) is 12.1 Å². The summed E-state index contributed by atoms with van der Waals surface area (Å²) in [5.74, 6) is -5.04. The molecule has 0 radical (unpaired) electrons. The highest BCUT2D eigenvalue weighted by molar-refractivity contribution is 5.88. The van der Waals surface area contributed by atoms with E-state index in [9.17, 15) is 23.2 Å². The fraction of sp³-hybridized carbons (Fsp3) is 0.357. The average molecular weight is 315 g/mol. The molecule has 1 rings (SSSR count). The number of aliphatic carboxylic acids is 1. The van der Waals surface area contributed by atoms with Gasteiger partial charge in [-0.2, -0.15) is 0 Å². The molecule has 1 aromatic carbocycles. The Morgan fingerprint density at radius 3 is 2.50 bits per heavy atom. The maximum Gasteiger partial charge on any atom is 0.326 e. The number of hydrogen-bond donors (Lipinski definition) is 2. The number of hydrogen-bond acceptors (Lipinski definition) is 4. The van der Waals surface area contributed by atoms with Gasteiger partial charge in [0.05, 0.1) is 19.4 Å². The fourth-order valence-electron chi connectivity index (χ4n) is 1.67. The Morgan fingerprint density at radius 2 is 1.95 bits per heavy atom. The van der Waals surface area contributed by atoms with E-state index in [2.05, 4.69) is 10.1 Å². The number of benzene rings is 1. The van der Waals surface area contributed by atoms with E-state index in [0.29, 0.717) is 0 Å². The highest BCUT2D eigenvalue weighted by Gasteiger charge is 2.24. The zero-order chi connectivity index (χ0) is 16.7. The fourth-order valence-corrected chi connectivity index (χ4v) is 1.67. The standard InChI is InChI=1S/C14H15F2NO5/c1-2-22-13(19)7-11(14(20)21)17-12(18)6-8-3-4-9(15)10(16)5-8/h3-5,11H,2,6-7H2,1H3,(H,17,18)(H,20,21)/t11-/m1/s1. The first kappa shape index (κ1) is 17.5. The lowest BCUT2D eigenvalue weighted by Gasteiger charge is -2.13. The summed E-state index contributed by atoms with van der Waals surface area (Å²) in [6.07, 6.45) is -0.865. The van der Waals surface area contributed by atoms with Gasteiger partial charge in [0, 0.05) is 0 Å². The molecule has 1 amide bonds. The van der Waals surface area contributed by atoms with Crippen LogP contribution in [0, 0.1) is 11.6 Å². The van der Waals surface area contributed by atoms with Crippen LogP contribution in [-0.4, -0.2) is 35.6 Å². The van der Waals surface area contributed by atoms with Gasteiger partial charge in [0.2, 0.25) is 5.91 Å². The second-order valence-electron chi connectivity index (χ2n) is 4.39. The minimum Gasteiger partial charge on any atom is -0.480 e. The molecule has 0 spiro atoms. The molecule has 1 aromatic rings. The Morgan fingerprint density at radius 1 is 1.27 bits per heavy atom. The van der Waals surface area contributed by atoms with E-state index in [1.165, 1.54) is 6.07 Å². The lowest BCUT2D eigenvalue weighted by atomic mass is 10.1. The van der Waals surface area contributed by atoms with E-state index in [4.69, 9.17) is 5.11 Å². The normalized spacial score (nSPS) is 11.6. The van der Waals surface area contributed by atoms with Crippen LogP contribution in [0.3, 0.4) is 0 Å². The summed E-state index contributed by atoms with van der Waals surface area (Å²) in [7, 11) is 0. The number of carbonyl (C=O) groups is 3. The second kappa shape index (κ2) is 8.06. The van der Waals surface area contributed by atoms with Crippen LogP contribution in [0.5, 0.6) is 0 Å². The molecule has 8 heteroatoms. The van der Waals surface area contributed by atoms with E-state index < -0.39 is 41.9 Å². The summed E-state index contributed by atoms with van der Waals surface area (Å²) in [6.45, 7) is 1.66. The number of halogens is 2. The van der Waals surface area contributed by atoms with Gasteiger partial charge in [-0.15, -0.1) is 0 Å². The van der Waals surface area contributed by atoms with Gasteiger partial charge in [0.15, 0.2) is 11.6 Å². The molecule has 0 unspecified atom stereocenters. The van der Waals surface area contributed by atoms with Gasteiger partial charge in [-0.25, -0.2) is 13.6 Å². The molecule has 22 heavy (non-hydrogen) atoms. The molecular weight excluding hydrogens is 300 g/mol. The smallest absolute Gasteiger partial charge is 0.326 e. The molecule has 0 heterocycles. The summed E-state index contributed by atoms with van der Waals surface area (Å²) < 4.78 is 30.4. The summed E-state index contributed by atoms with van der Waals surface area (Å²) in [5, 5.41) is 11.1. The number of carboxylic acids is 1. The van der Waals surface area contributed by atoms with E-state index in [1.54, 1.807) is 6.92 Å². The summed E-state index contributed by atoms with van der Waals surface area (Å²) >= 11 is 0. The molecular formula is C14H15F2NO5. The molecule has 0 fully saturated rings. The second-order valence-corrected chi connectivity index (χ2v) is 4.39. The molecule has 0 aliphatic heterocycles. The Bertz CT molecular complexity index is 576. The predicted molar refractivity (Wildman–Crippen MR) is 70.9 cm³/mol. The third-order valence-electron chi connectivity index (χ3n) is 2.66. The van der Waals surface area contributed by atoms with E-state index in [-0.39, 0.29) is 18.6 Å². The van der Waals surface area contributed by atoms with Crippen molar-refractivity contribution < 1.29 is 33.0 Å². The van der Waals surface area contributed by atoms with Gasteiger partial charge in [0.1, 0.15) is 6.04 Å². The summed E-state index contributed by atoms with van der Waals surface area (Å²) in [4.78, 5) is 34.0. The van der Waals surface area contributed by atoms with Gasteiger partial charge in [-0.1, -0.05) is 6.07 Å². The number of rotatable bonds is 7. The van der Waals surface area contributed by atoms with Crippen molar-refractivity contribution in [1.82, 2.24) is 5.32 Å². The largest absolute Gasteiger partial charge is 0.480 e. The molecule has 0 aliphatic rings. The highest BCUT2D eigenvalue weighted by atomic mass is 19.2. The van der Waals surface area contributed by atoms with Crippen molar-refractivity contribution >= 4 is 17.8 Å². The molecule has 6 nitrogen and oxygen atoms in total. The minimum atomic E-state index is -1.45. The van der Waals surface area contributed by atoms with Crippen LogP contribution in [0.1, 0.15) is 18.9 Å². The molecule has 1 atom stereocenters. The minimum absolute atomic E-state index is 0.0912. The third kappa shape index (κ3) is 5.47. The Balaban J connectivity index is 2.65. The first-order valence-corrected chi connectivity index (χ1v) is 6.45. The Hall–Kier alpha value is -2.51. The Labute approximate surface area is 125 Å². The average Bonchev–Trinajstić information content (AvgIpc) is 2.42. The Kier molecular flexibility index (Phi) is 6.43. The number of carbonyl (C=O) groups excluding carboxylic acids is 2. The van der Waals surface area contributed by atoms with Crippen molar-refractivity contribution in [3.05, 3.63) is 35.4 Å². The molecule has 2 N–H and O–H groups in total. The van der Waals surface area contributed by atoms with Crippen LogP contribution < -0.4 is 5.32 Å². The highest BCUT2D eigenvalue weighted by Crippen LogP contribution is 2.09. The number of nitrogens with one attached hydrogen (secondary N) is 1. The molecule has 0 saturated carbocycles. The van der Waals surface area contributed by atoms with Crippen LogP contribution in [-0.2, 0) is 25.5 Å². The number of amides is 1. The monoisotopic (exact) mass is 315 g/mol. The zero-order valence-corrected chi connectivity index (χ0v) is 11.8. The van der Waals surface area contributed by atoms with Gasteiger partial charge < -0.3 is 15.2 Å². The van der Waals surface area contributed by atoms with Crippen LogP contribution in [0.2, 0.25) is 0 Å². The number of esters is 1. The van der Waals surface area contributed by atoms with Crippen LogP contribution in [0.15, 0.2) is 18.2 Å². The number of ether oxygens (including phenoxy) is 1. The van der Waals surface area contributed by atoms with Gasteiger partial charge in [-0.05, 0) is 24.6 Å². The first-order valence-electron chi connectivity index (χ1n) is 6.45. The topological polar surface area (TPSA) is 92.7 Å². The molecule has 0 saturated heterocycles. The molecule has 0 bridgehead atoms. The van der Waals surface area contributed by atoms with Gasteiger partial charge in [-0.3, -0.25) is 9.59 Å². The van der Waals surface area contributed by atoms with E-state index >= 15 is 0 Å². The molecule has 0 aromatic heterocycles. The van der Waals surface area contributed by atoms with Gasteiger partial charge >= 0.3 is 11.9 Å². The molecule has 120 valence electrons. The van der Waals surface area contributed by atoms with Crippen molar-refractivity contribution in [1.29, 1.82) is 0 Å². The maximum atomic E-state index is 13.0. The van der Waals surface area contributed by atoms with Crippen LogP contribution in [0.25, 0.3) is 0 Å². The predicted octanol–water partition coefficient (Wildman–Crippen LogP) is 1.03. The summed E-state index contributed by atoms with van der Waals surface area (Å²) in [5.41, 5.74) is 0.177. The SMILES string of the molecule is CCOC(=O)C[C@@H](NC(=O)Cc1ccc(F)c(F)c1)C(=O)O. The zero-order valence-electron chi connectivity index (χ0n) is 11.8. The quantitative estimate of drug-likeness (QED) is 0.733. The van der Waals surface area contributed by atoms with Crippen molar-refractivity contribution in [3.8, 4) is 0 Å². The lowest BCUT2D eigenvalue weighted by Crippen LogP contribution is -2.43. The number of carboxylic acid groups (broad SMARTS) is 1. The lowest BCUT2D eigenvalue weighted by molar-refractivity contribution is -0.150. The van der Waals surface area contributed by atoms with Crippen molar-refractivity contribution in [2.45, 2.75) is 25.8 Å². The first-order chi connectivity index (χ1) is 10.3. The van der Waals surface area contributed by atoms with Crippen molar-refractivity contribution in [2.24, 2.45) is 0 Å². The van der Waals surface area contributed by atoms with Crippen LogP contribution >= 0.6 is 0 Å². The van der Waals surface area contributed by atoms with Crippen LogP contribution in [0.4, 0.5) is 8.78 Å². The van der Waals surface area contributed by atoms with Crippen molar-refractivity contribution in [2.75, 3.05) is 6.61 Å². The third-order valence-corrected chi connectivity index (χ3v) is 2.66.